The quantitative estimate of drug-likeness (QED) is 0.578. The van der Waals surface area contributed by atoms with Crippen LogP contribution in [0, 0.1) is 0 Å². The van der Waals surface area contributed by atoms with Crippen LogP contribution < -0.4 is 5.69 Å². The number of hydrogen-bond donors (Lipinski definition) is 1. The summed E-state index contributed by atoms with van der Waals surface area (Å²) in [5.41, 5.74) is 2.76. The minimum absolute atomic E-state index is 0.0216. The fourth-order valence-corrected chi connectivity index (χ4v) is 2.75. The van der Waals surface area contributed by atoms with Gasteiger partial charge < -0.3 is 0 Å². The Balaban J connectivity index is 1.66. The van der Waals surface area contributed by atoms with Crippen LogP contribution in [0.15, 0.2) is 89.7 Å². The summed E-state index contributed by atoms with van der Waals surface area (Å²) in [4.78, 5) is 27.2. The van der Waals surface area contributed by atoms with Gasteiger partial charge in [0.1, 0.15) is 0 Å². The zero-order valence-electron chi connectivity index (χ0n) is 13.8. The maximum atomic E-state index is 12.4. The summed E-state index contributed by atoms with van der Waals surface area (Å²) in [6, 6.07) is 26.2. The van der Waals surface area contributed by atoms with Crippen LogP contribution >= 0.6 is 0 Å². The first-order valence-corrected chi connectivity index (χ1v) is 8.17. The van der Waals surface area contributed by atoms with Crippen molar-refractivity contribution < 1.29 is 4.79 Å². The van der Waals surface area contributed by atoms with Gasteiger partial charge in [0.25, 0.3) is 0 Å². The second-order valence-electron chi connectivity index (χ2n) is 5.80. The van der Waals surface area contributed by atoms with Crippen molar-refractivity contribution in [2.24, 2.45) is 0 Å². The number of rotatable bonds is 4. The van der Waals surface area contributed by atoms with E-state index in [0.717, 1.165) is 11.1 Å². The fraction of sp³-hybridized carbons (Fsp3) is 0. The average molecular weight is 341 g/mol. The molecule has 0 bridgehead atoms. The van der Waals surface area contributed by atoms with Gasteiger partial charge in [0.05, 0.1) is 5.69 Å². The van der Waals surface area contributed by atoms with E-state index in [9.17, 15) is 9.59 Å². The number of nitrogens with zero attached hydrogens (tertiary/aromatic N) is 2. The summed E-state index contributed by atoms with van der Waals surface area (Å²) in [5.74, 6) is -0.296. The third kappa shape index (κ3) is 2.98. The lowest BCUT2D eigenvalue weighted by atomic mass is 10.1. The van der Waals surface area contributed by atoms with Crippen molar-refractivity contribution in [2.75, 3.05) is 0 Å². The van der Waals surface area contributed by atoms with Crippen molar-refractivity contribution in [3.63, 3.8) is 0 Å². The highest BCUT2D eigenvalue weighted by molar-refractivity contribution is 6.06. The molecule has 5 nitrogen and oxygen atoms in total. The standard InChI is InChI=1S/C21H15N3O2/c25-19(17-9-5-2-6-10-17)20-22-21(26)24(23-20)18-13-11-16(12-14-18)15-7-3-1-4-8-15/h1-14H,(H,22,23,26). The van der Waals surface area contributed by atoms with Crippen molar-refractivity contribution in [3.8, 4) is 16.8 Å². The summed E-state index contributed by atoms with van der Waals surface area (Å²) < 4.78 is 1.20. The summed E-state index contributed by atoms with van der Waals surface area (Å²) in [6.45, 7) is 0. The van der Waals surface area contributed by atoms with Gasteiger partial charge in [0.15, 0.2) is 0 Å². The van der Waals surface area contributed by atoms with Crippen molar-refractivity contribution >= 4 is 5.78 Å². The van der Waals surface area contributed by atoms with E-state index in [1.165, 1.54) is 4.68 Å². The van der Waals surface area contributed by atoms with E-state index in [0.29, 0.717) is 11.3 Å². The number of benzene rings is 3. The second-order valence-corrected chi connectivity index (χ2v) is 5.80. The first-order valence-electron chi connectivity index (χ1n) is 8.17. The number of carbonyl (C=O) groups excluding carboxylic acids is 1. The Bertz CT molecular complexity index is 1100. The molecule has 3 aromatic carbocycles. The molecule has 5 heteroatoms. The molecule has 0 unspecified atom stereocenters. The third-order valence-electron chi connectivity index (χ3n) is 4.09. The van der Waals surface area contributed by atoms with Gasteiger partial charge in [-0.05, 0) is 23.3 Å². The third-order valence-corrected chi connectivity index (χ3v) is 4.09. The molecule has 0 saturated heterocycles. The van der Waals surface area contributed by atoms with Gasteiger partial charge in [-0.15, -0.1) is 5.10 Å². The van der Waals surface area contributed by atoms with Gasteiger partial charge in [0.2, 0.25) is 11.6 Å². The Kier molecular flexibility index (Phi) is 4.03. The molecule has 1 aromatic heterocycles. The molecule has 0 amide bonds. The average Bonchev–Trinajstić information content (AvgIpc) is 3.10. The van der Waals surface area contributed by atoms with Crippen molar-refractivity contribution in [2.45, 2.75) is 0 Å². The highest BCUT2D eigenvalue weighted by atomic mass is 16.2. The maximum absolute atomic E-state index is 12.4. The second kappa shape index (κ2) is 6.64. The molecule has 0 aliphatic carbocycles. The van der Waals surface area contributed by atoms with E-state index in [1.54, 1.807) is 36.4 Å². The van der Waals surface area contributed by atoms with Crippen LogP contribution in [0.1, 0.15) is 16.2 Å². The van der Waals surface area contributed by atoms with Gasteiger partial charge in [0, 0.05) is 5.56 Å². The van der Waals surface area contributed by atoms with Crippen LogP contribution in [-0.4, -0.2) is 20.5 Å². The minimum Gasteiger partial charge on any atom is -0.286 e. The minimum atomic E-state index is -0.447. The fourth-order valence-electron chi connectivity index (χ4n) is 2.75. The van der Waals surface area contributed by atoms with E-state index in [2.05, 4.69) is 10.1 Å². The number of hydrogen-bond acceptors (Lipinski definition) is 3. The summed E-state index contributed by atoms with van der Waals surface area (Å²) >= 11 is 0. The number of aromatic nitrogens is 3. The molecule has 0 aliphatic rings. The molecular weight excluding hydrogens is 326 g/mol. The number of H-pyrrole nitrogens is 1. The van der Waals surface area contributed by atoms with Gasteiger partial charge in [-0.3, -0.25) is 9.78 Å². The van der Waals surface area contributed by atoms with Crippen molar-refractivity contribution in [1.29, 1.82) is 0 Å². The molecule has 0 atom stereocenters. The molecular formula is C21H15N3O2. The van der Waals surface area contributed by atoms with Crippen molar-refractivity contribution in [1.82, 2.24) is 14.8 Å². The molecule has 4 aromatic rings. The van der Waals surface area contributed by atoms with E-state index in [1.807, 2.05) is 48.5 Å². The van der Waals surface area contributed by atoms with Crippen LogP contribution in [0.4, 0.5) is 0 Å². The van der Waals surface area contributed by atoms with Gasteiger partial charge in [-0.2, -0.15) is 4.68 Å². The predicted octanol–water partition coefficient (Wildman–Crippen LogP) is 3.46. The van der Waals surface area contributed by atoms with E-state index in [-0.39, 0.29) is 11.6 Å². The Hall–Kier alpha value is -3.73. The zero-order chi connectivity index (χ0) is 17.9. The Morgan fingerprint density at radius 3 is 2.00 bits per heavy atom. The van der Waals surface area contributed by atoms with Gasteiger partial charge >= 0.3 is 5.69 Å². The highest BCUT2D eigenvalue weighted by Crippen LogP contribution is 2.20. The number of nitrogens with one attached hydrogen (secondary N) is 1. The Morgan fingerprint density at radius 1 is 0.769 bits per heavy atom. The number of aromatic amines is 1. The lowest BCUT2D eigenvalue weighted by Gasteiger charge is -2.03. The smallest absolute Gasteiger partial charge is 0.286 e. The molecule has 4 rings (SSSR count). The summed E-state index contributed by atoms with van der Waals surface area (Å²) in [6.07, 6.45) is 0. The molecule has 1 N–H and O–H groups in total. The Labute approximate surface area is 149 Å². The molecule has 0 spiro atoms. The van der Waals surface area contributed by atoms with Crippen LogP contribution in [-0.2, 0) is 0 Å². The van der Waals surface area contributed by atoms with E-state index >= 15 is 0 Å². The van der Waals surface area contributed by atoms with Gasteiger partial charge in [-0.25, -0.2) is 4.79 Å². The number of carbonyl (C=O) groups is 1. The van der Waals surface area contributed by atoms with Gasteiger partial charge in [-0.1, -0.05) is 72.8 Å². The molecule has 0 saturated carbocycles. The molecule has 26 heavy (non-hydrogen) atoms. The van der Waals surface area contributed by atoms with Crippen molar-refractivity contribution in [3.05, 3.63) is 107 Å². The highest BCUT2D eigenvalue weighted by Gasteiger charge is 2.16. The van der Waals surface area contributed by atoms with E-state index in [4.69, 9.17) is 0 Å². The maximum Gasteiger partial charge on any atom is 0.348 e. The van der Waals surface area contributed by atoms with Crippen LogP contribution in [0.3, 0.4) is 0 Å². The van der Waals surface area contributed by atoms with Crippen LogP contribution in [0.5, 0.6) is 0 Å². The summed E-state index contributed by atoms with van der Waals surface area (Å²) in [5, 5.41) is 4.16. The normalized spacial score (nSPS) is 10.6. The lowest BCUT2D eigenvalue weighted by molar-refractivity contribution is 0.102. The van der Waals surface area contributed by atoms with Crippen LogP contribution in [0.2, 0.25) is 0 Å². The topological polar surface area (TPSA) is 67.8 Å². The monoisotopic (exact) mass is 341 g/mol. The predicted molar refractivity (Wildman–Crippen MR) is 99.5 cm³/mol. The lowest BCUT2D eigenvalue weighted by Crippen LogP contribution is -2.15. The Morgan fingerprint density at radius 2 is 1.35 bits per heavy atom. The molecule has 0 aliphatic heterocycles. The van der Waals surface area contributed by atoms with E-state index < -0.39 is 5.69 Å². The molecule has 0 fully saturated rings. The largest absolute Gasteiger partial charge is 0.348 e. The molecule has 1 heterocycles. The molecule has 0 radical (unpaired) electrons. The summed E-state index contributed by atoms with van der Waals surface area (Å²) in [7, 11) is 0. The first-order chi connectivity index (χ1) is 12.7. The zero-order valence-corrected chi connectivity index (χ0v) is 13.8. The van der Waals surface area contributed by atoms with Crippen LogP contribution in [0.25, 0.3) is 16.8 Å². The first kappa shape index (κ1) is 15.8. The SMILES string of the molecule is O=C(c1ccccc1)c1nn(-c2ccc(-c3ccccc3)cc2)c(=O)[nH]1. The number of ketones is 1. The molecule has 126 valence electrons.